The lowest BCUT2D eigenvalue weighted by Crippen LogP contribution is -2.59. The third kappa shape index (κ3) is 4.10. The molecule has 1 N–H and O–H groups in total. The number of aromatic hydroxyl groups is 1. The first-order valence-corrected chi connectivity index (χ1v) is 15.4. The predicted molar refractivity (Wildman–Crippen MR) is 167 cm³/mol. The number of hydrogen-bond donors (Lipinski definition) is 1. The van der Waals surface area contributed by atoms with Crippen molar-refractivity contribution in [2.24, 2.45) is 0 Å². The number of para-hydroxylation sites is 2. The van der Waals surface area contributed by atoms with E-state index in [0.717, 1.165) is 13.9 Å². The van der Waals surface area contributed by atoms with Crippen LogP contribution in [0.5, 0.6) is 5.75 Å². The number of hydrogen-bond acceptors (Lipinski definition) is 5. The van der Waals surface area contributed by atoms with Crippen LogP contribution in [0.3, 0.4) is 0 Å². The van der Waals surface area contributed by atoms with Gasteiger partial charge in [0.05, 0.1) is 18.3 Å². The van der Waals surface area contributed by atoms with E-state index in [0.29, 0.717) is 0 Å². The molecule has 3 aliphatic rings. The second kappa shape index (κ2) is 11.0. The average molecular weight is 719 g/mol. The van der Waals surface area contributed by atoms with Crippen molar-refractivity contribution < 1.29 is 36.6 Å². The van der Waals surface area contributed by atoms with Crippen molar-refractivity contribution >= 4 is 40.7 Å². The normalized spacial score (nSPS) is 24.4. The molecule has 3 aromatic carbocycles. The number of alkyl halides is 2. The number of aromatic nitrogens is 3. The minimum atomic E-state index is -2.79. The van der Waals surface area contributed by atoms with Crippen LogP contribution in [-0.4, -0.2) is 40.6 Å². The number of allylic oxidation sites excluding steroid dienone is 3. The lowest BCUT2D eigenvalue weighted by molar-refractivity contribution is -0.122. The van der Waals surface area contributed by atoms with Gasteiger partial charge in [0.2, 0.25) is 5.82 Å². The minimum absolute atomic E-state index is 0.109. The quantitative estimate of drug-likeness (QED) is 0.0770. The number of imide groups is 1. The molecule has 3 heterocycles. The fraction of sp³-hybridized carbons (Fsp3) is 0.212. The number of phenolic OH excluding ortho intramolecular Hbond substituents is 1. The van der Waals surface area contributed by atoms with E-state index in [1.807, 2.05) is 0 Å². The first kappa shape index (κ1) is 32.6. The van der Waals surface area contributed by atoms with Gasteiger partial charge in [0.25, 0.3) is 11.8 Å². The third-order valence-electron chi connectivity index (χ3n) is 9.33. The second-order valence-corrected chi connectivity index (χ2v) is 13.0. The van der Waals surface area contributed by atoms with Gasteiger partial charge in [0.1, 0.15) is 11.4 Å². The number of fused-ring (bicyclic) bond motifs is 4. The molecule has 49 heavy (non-hydrogen) atoms. The van der Waals surface area contributed by atoms with Crippen molar-refractivity contribution in [3.63, 3.8) is 0 Å². The second-order valence-electron chi connectivity index (χ2n) is 11.7. The van der Waals surface area contributed by atoms with E-state index < -0.39 is 91.8 Å². The number of phenols is 1. The lowest BCUT2D eigenvalue weighted by atomic mass is 9.64. The molecule has 0 radical (unpaired) electrons. The number of carbonyl (C=O) groups excluding carboxylic acids is 2. The summed E-state index contributed by atoms with van der Waals surface area (Å²) in [5.74, 6) is -17.8. The van der Waals surface area contributed by atoms with Crippen LogP contribution in [0, 0.1) is 29.1 Å². The van der Waals surface area contributed by atoms with Crippen LogP contribution in [0.25, 0.3) is 5.69 Å². The molecule has 9 nitrogen and oxygen atoms in total. The summed E-state index contributed by atoms with van der Waals surface area (Å²) in [5.41, 5.74) is -3.07. The molecule has 4 atom stereocenters. The molecule has 7 rings (SSSR count). The van der Waals surface area contributed by atoms with Crippen LogP contribution in [-0.2, 0) is 22.6 Å². The Kier molecular flexibility index (Phi) is 7.34. The van der Waals surface area contributed by atoms with Gasteiger partial charge in [-0.25, -0.2) is 50.4 Å². The van der Waals surface area contributed by atoms with Gasteiger partial charge in [0, 0.05) is 17.9 Å². The zero-order valence-corrected chi connectivity index (χ0v) is 26.3. The molecule has 2 fully saturated rings. The van der Waals surface area contributed by atoms with E-state index in [9.17, 15) is 37.5 Å². The molecule has 1 saturated carbocycles. The lowest BCUT2D eigenvalue weighted by Gasteiger charge is -2.49. The molecule has 252 valence electrons. The van der Waals surface area contributed by atoms with E-state index in [1.54, 1.807) is 18.2 Å². The molecular weight excluding hydrogens is 698 g/mol. The largest absolute Gasteiger partial charge is 0.507 e. The first-order valence-electron chi connectivity index (χ1n) is 14.6. The number of halogens is 7. The summed E-state index contributed by atoms with van der Waals surface area (Å²) >= 11 is 14.2. The number of benzene rings is 3. The summed E-state index contributed by atoms with van der Waals surface area (Å²) in [6, 6.07) is 10.9. The van der Waals surface area contributed by atoms with Crippen molar-refractivity contribution in [2.75, 3.05) is 4.90 Å². The van der Waals surface area contributed by atoms with Crippen LogP contribution >= 0.6 is 23.2 Å². The van der Waals surface area contributed by atoms with Gasteiger partial charge < -0.3 is 5.11 Å². The van der Waals surface area contributed by atoms with Gasteiger partial charge in [-0.3, -0.25) is 9.59 Å². The van der Waals surface area contributed by atoms with Crippen molar-refractivity contribution in [3.8, 4) is 11.4 Å². The van der Waals surface area contributed by atoms with Gasteiger partial charge in [0.15, 0.2) is 33.0 Å². The standard InChI is InChI=1S/C33H21Cl2F5N4O5/c1-2-7-15-8-6-11-18(27(15)45)20-17-12-13-41-30(48)42(16-9-4-3-5-10-16)31(49)44(41)19(17)14-32(34)28(46)43(29(47)33(20,32)35)26-24(39)22(37)21(36)23(38)25(26)40/h2-6,8-12,19-20,45H,1,7,13-14H2. The molecule has 0 spiro atoms. The van der Waals surface area contributed by atoms with Gasteiger partial charge in [-0.15, -0.1) is 29.8 Å². The number of anilines is 1. The highest BCUT2D eigenvalue weighted by Crippen LogP contribution is 2.65. The Balaban J connectivity index is 1.52. The molecule has 2 amide bonds. The number of rotatable bonds is 5. The van der Waals surface area contributed by atoms with E-state index in [4.69, 9.17) is 23.2 Å². The molecule has 1 aromatic heterocycles. The molecule has 1 saturated heterocycles. The highest BCUT2D eigenvalue weighted by Gasteiger charge is 2.76. The van der Waals surface area contributed by atoms with Gasteiger partial charge >= 0.3 is 11.4 Å². The van der Waals surface area contributed by atoms with Crippen LogP contribution in [0.15, 0.2) is 82.4 Å². The van der Waals surface area contributed by atoms with Gasteiger partial charge in [-0.05, 0) is 29.7 Å². The average Bonchev–Trinajstić information content (AvgIpc) is 3.43. The molecule has 2 aliphatic heterocycles. The molecule has 4 unspecified atom stereocenters. The fourth-order valence-corrected chi connectivity index (χ4v) is 8.04. The Bertz CT molecular complexity index is 2280. The topological polar surface area (TPSA) is 107 Å². The summed E-state index contributed by atoms with van der Waals surface area (Å²) < 4.78 is 76.2. The van der Waals surface area contributed by atoms with Gasteiger partial charge in [-0.1, -0.05) is 48.6 Å². The van der Waals surface area contributed by atoms with Gasteiger partial charge in [-0.2, -0.15) is 0 Å². The molecule has 1 aliphatic carbocycles. The van der Waals surface area contributed by atoms with Crippen molar-refractivity contribution in [2.45, 2.75) is 41.1 Å². The zero-order chi connectivity index (χ0) is 35.3. The monoisotopic (exact) mass is 718 g/mol. The Hall–Kier alpha value is -4.95. The highest BCUT2D eigenvalue weighted by atomic mass is 35.5. The molecule has 0 bridgehead atoms. The maximum Gasteiger partial charge on any atom is 0.352 e. The first-order chi connectivity index (χ1) is 23.2. The van der Waals surface area contributed by atoms with E-state index in [-0.39, 0.29) is 40.3 Å². The number of carbonyl (C=O) groups is 2. The Morgan fingerprint density at radius 2 is 1.49 bits per heavy atom. The van der Waals surface area contributed by atoms with Crippen molar-refractivity contribution in [3.05, 3.63) is 134 Å². The Labute approximate surface area is 282 Å². The van der Waals surface area contributed by atoms with Crippen molar-refractivity contribution in [1.29, 1.82) is 0 Å². The summed E-state index contributed by atoms with van der Waals surface area (Å²) in [6.45, 7) is 3.38. The van der Waals surface area contributed by atoms with E-state index in [1.165, 1.54) is 42.5 Å². The molecule has 4 aromatic rings. The Morgan fingerprint density at radius 3 is 2.12 bits per heavy atom. The van der Waals surface area contributed by atoms with Crippen LogP contribution in [0.2, 0.25) is 0 Å². The Morgan fingerprint density at radius 1 is 0.857 bits per heavy atom. The van der Waals surface area contributed by atoms with Crippen LogP contribution in [0.4, 0.5) is 27.6 Å². The van der Waals surface area contributed by atoms with E-state index in [2.05, 4.69) is 6.58 Å². The predicted octanol–water partition coefficient (Wildman–Crippen LogP) is 5.13. The van der Waals surface area contributed by atoms with Crippen LogP contribution < -0.4 is 16.3 Å². The summed E-state index contributed by atoms with van der Waals surface area (Å²) in [6.07, 6.45) is 2.26. The third-order valence-corrected chi connectivity index (χ3v) is 10.7. The minimum Gasteiger partial charge on any atom is -0.507 e. The molecular formula is C33H21Cl2F5N4O5. The number of amides is 2. The smallest absolute Gasteiger partial charge is 0.352 e. The summed E-state index contributed by atoms with van der Waals surface area (Å²) in [4.78, 5) is 50.4. The highest BCUT2D eigenvalue weighted by molar-refractivity contribution is 6.58. The fourth-order valence-electron chi connectivity index (χ4n) is 7.14. The molecule has 16 heteroatoms. The SMILES string of the molecule is C=CCc1cccc(C2C3=CCn4c(=O)n(-c5ccccc5)c(=O)n4C3CC3(Cl)C(=O)N(c4c(F)c(F)c(F)c(F)c4F)C(=O)C23Cl)c1O. The maximum absolute atomic E-state index is 15.2. The maximum atomic E-state index is 15.2. The summed E-state index contributed by atoms with van der Waals surface area (Å²) in [7, 11) is 0. The van der Waals surface area contributed by atoms with E-state index >= 15 is 8.78 Å². The van der Waals surface area contributed by atoms with Crippen molar-refractivity contribution in [1.82, 2.24) is 13.9 Å². The van der Waals surface area contributed by atoms with Crippen LogP contribution in [0.1, 0.15) is 29.5 Å². The zero-order valence-electron chi connectivity index (χ0n) is 24.8. The number of nitrogens with zero attached hydrogens (tertiary/aromatic N) is 4. The summed E-state index contributed by atoms with van der Waals surface area (Å²) in [5, 5.41) is 11.5.